The number of halogens is 2. The standard InChI is InChI=1S/C22H22ClFN2O3/c1-3-18(28)26-8-7-25-10-14-9-16(23)20(19-13(2)5-4-6-17(19)27)21(24)22(14)29-12-15(25)11-26/h3-6,9,15,27H,1,7-8,10-12H2,2H3/t15-/m1/s1. The van der Waals surface area contributed by atoms with Crippen LogP contribution < -0.4 is 4.74 Å². The number of carbonyl (C=O) groups excluding carboxylic acids is 1. The van der Waals surface area contributed by atoms with E-state index in [0.717, 1.165) is 5.56 Å². The number of hydrogen-bond donors (Lipinski definition) is 1. The van der Waals surface area contributed by atoms with Gasteiger partial charge in [-0.1, -0.05) is 30.3 Å². The molecule has 1 saturated heterocycles. The molecule has 0 spiro atoms. The summed E-state index contributed by atoms with van der Waals surface area (Å²) in [7, 11) is 0. The number of fused-ring (bicyclic) bond motifs is 2. The van der Waals surface area contributed by atoms with Crippen LogP contribution in [-0.4, -0.2) is 53.1 Å². The Morgan fingerprint density at radius 1 is 1.38 bits per heavy atom. The van der Waals surface area contributed by atoms with Crippen LogP contribution in [0.3, 0.4) is 0 Å². The minimum Gasteiger partial charge on any atom is -0.507 e. The SMILES string of the molecule is C=CC(=O)N1CCN2Cc3cc(Cl)c(-c4c(C)cccc4O)c(F)c3OC[C@H]2C1. The van der Waals surface area contributed by atoms with Gasteiger partial charge in [0, 0.05) is 42.9 Å². The third kappa shape index (κ3) is 3.47. The molecule has 0 radical (unpaired) electrons. The van der Waals surface area contributed by atoms with E-state index in [1.807, 2.05) is 0 Å². The zero-order valence-corrected chi connectivity index (χ0v) is 16.9. The predicted molar refractivity (Wildman–Crippen MR) is 110 cm³/mol. The van der Waals surface area contributed by atoms with Crippen molar-refractivity contribution in [3.8, 4) is 22.6 Å². The van der Waals surface area contributed by atoms with Crippen molar-refractivity contribution >= 4 is 17.5 Å². The molecular weight excluding hydrogens is 395 g/mol. The largest absolute Gasteiger partial charge is 0.507 e. The molecule has 0 saturated carbocycles. The van der Waals surface area contributed by atoms with Crippen LogP contribution in [0, 0.1) is 12.7 Å². The van der Waals surface area contributed by atoms with Crippen LogP contribution in [0.25, 0.3) is 11.1 Å². The Morgan fingerprint density at radius 3 is 2.90 bits per heavy atom. The number of rotatable bonds is 2. The molecule has 0 aliphatic carbocycles. The third-order valence-corrected chi connectivity index (χ3v) is 5.93. The molecule has 2 aromatic rings. The molecule has 1 fully saturated rings. The molecule has 0 unspecified atom stereocenters. The molecule has 0 bridgehead atoms. The van der Waals surface area contributed by atoms with Gasteiger partial charge in [-0.2, -0.15) is 0 Å². The second-order valence-corrected chi connectivity index (χ2v) is 7.84. The highest BCUT2D eigenvalue weighted by Crippen LogP contribution is 2.44. The van der Waals surface area contributed by atoms with Crippen molar-refractivity contribution in [1.29, 1.82) is 0 Å². The summed E-state index contributed by atoms with van der Waals surface area (Å²) in [5, 5.41) is 10.5. The highest BCUT2D eigenvalue weighted by Gasteiger charge is 2.34. The number of aromatic hydroxyl groups is 1. The highest BCUT2D eigenvalue weighted by atomic mass is 35.5. The van der Waals surface area contributed by atoms with Gasteiger partial charge < -0.3 is 14.7 Å². The second-order valence-electron chi connectivity index (χ2n) is 7.43. The van der Waals surface area contributed by atoms with Gasteiger partial charge in [-0.3, -0.25) is 9.69 Å². The summed E-state index contributed by atoms with van der Waals surface area (Å²) in [6.45, 7) is 7.82. The number of ether oxygens (including phenoxy) is 1. The van der Waals surface area contributed by atoms with Gasteiger partial charge in [-0.15, -0.1) is 0 Å². The molecule has 4 rings (SSSR count). The summed E-state index contributed by atoms with van der Waals surface area (Å²) in [5.41, 5.74) is 1.89. The fourth-order valence-electron chi connectivity index (χ4n) is 4.12. The van der Waals surface area contributed by atoms with E-state index in [1.54, 1.807) is 30.0 Å². The number of aryl methyl sites for hydroxylation is 1. The van der Waals surface area contributed by atoms with Gasteiger partial charge in [0.05, 0.1) is 11.1 Å². The van der Waals surface area contributed by atoms with E-state index in [0.29, 0.717) is 37.3 Å². The summed E-state index contributed by atoms with van der Waals surface area (Å²) in [4.78, 5) is 15.9. The van der Waals surface area contributed by atoms with Crippen molar-refractivity contribution in [1.82, 2.24) is 9.80 Å². The first kappa shape index (κ1) is 19.7. The number of hydrogen-bond acceptors (Lipinski definition) is 4. The van der Waals surface area contributed by atoms with E-state index in [4.69, 9.17) is 16.3 Å². The third-order valence-electron chi connectivity index (χ3n) is 5.64. The average molecular weight is 417 g/mol. The molecule has 1 atom stereocenters. The van der Waals surface area contributed by atoms with Crippen LogP contribution >= 0.6 is 11.6 Å². The summed E-state index contributed by atoms with van der Waals surface area (Å²) >= 11 is 6.47. The minimum absolute atomic E-state index is 0.0321. The zero-order valence-electron chi connectivity index (χ0n) is 16.1. The zero-order chi connectivity index (χ0) is 20.7. The normalized spacial score (nSPS) is 19.0. The van der Waals surface area contributed by atoms with E-state index in [-0.39, 0.29) is 40.6 Å². The van der Waals surface area contributed by atoms with Crippen LogP contribution in [-0.2, 0) is 11.3 Å². The van der Waals surface area contributed by atoms with Gasteiger partial charge in [0.15, 0.2) is 11.6 Å². The first-order chi connectivity index (χ1) is 13.9. The molecule has 2 aromatic carbocycles. The van der Waals surface area contributed by atoms with Crippen LogP contribution in [0.15, 0.2) is 36.9 Å². The van der Waals surface area contributed by atoms with E-state index < -0.39 is 5.82 Å². The fourth-order valence-corrected chi connectivity index (χ4v) is 4.43. The van der Waals surface area contributed by atoms with E-state index in [9.17, 15) is 9.90 Å². The highest BCUT2D eigenvalue weighted by molar-refractivity contribution is 6.33. The van der Waals surface area contributed by atoms with Crippen LogP contribution in [0.2, 0.25) is 5.02 Å². The molecule has 1 N–H and O–H groups in total. The number of phenolic OH excluding ortho intramolecular Hbond substituents is 1. The maximum Gasteiger partial charge on any atom is 0.246 e. The smallest absolute Gasteiger partial charge is 0.246 e. The van der Waals surface area contributed by atoms with Crippen molar-refractivity contribution in [2.24, 2.45) is 0 Å². The molecule has 152 valence electrons. The number of benzene rings is 2. The van der Waals surface area contributed by atoms with Crippen molar-refractivity contribution in [2.75, 3.05) is 26.2 Å². The lowest BCUT2D eigenvalue weighted by molar-refractivity contribution is -0.129. The van der Waals surface area contributed by atoms with Gasteiger partial charge >= 0.3 is 0 Å². The summed E-state index contributed by atoms with van der Waals surface area (Å²) in [5.74, 6) is -0.563. The van der Waals surface area contributed by atoms with E-state index in [2.05, 4.69) is 11.5 Å². The summed E-state index contributed by atoms with van der Waals surface area (Å²) in [6.07, 6.45) is 1.31. The van der Waals surface area contributed by atoms with Gasteiger partial charge in [-0.05, 0) is 30.7 Å². The Bertz CT molecular complexity index is 974. The van der Waals surface area contributed by atoms with E-state index in [1.165, 1.54) is 12.1 Å². The number of nitrogens with zero attached hydrogens (tertiary/aromatic N) is 2. The average Bonchev–Trinajstić information content (AvgIpc) is 2.88. The minimum atomic E-state index is -0.573. The molecular formula is C22H22ClFN2O3. The van der Waals surface area contributed by atoms with Gasteiger partial charge in [0.2, 0.25) is 5.91 Å². The van der Waals surface area contributed by atoms with Gasteiger partial charge in [0.25, 0.3) is 0 Å². The molecule has 2 aliphatic heterocycles. The molecule has 2 aliphatic rings. The summed E-state index contributed by atoms with van der Waals surface area (Å²) < 4.78 is 21.4. The fraction of sp³-hybridized carbons (Fsp3) is 0.318. The van der Waals surface area contributed by atoms with Crippen molar-refractivity contribution in [3.63, 3.8) is 0 Å². The van der Waals surface area contributed by atoms with Crippen molar-refractivity contribution in [3.05, 3.63) is 58.9 Å². The second kappa shape index (κ2) is 7.69. The lowest BCUT2D eigenvalue weighted by Crippen LogP contribution is -2.55. The Balaban J connectivity index is 1.71. The maximum atomic E-state index is 15.6. The topological polar surface area (TPSA) is 53.0 Å². The van der Waals surface area contributed by atoms with Crippen molar-refractivity contribution < 1.29 is 19.0 Å². The van der Waals surface area contributed by atoms with Gasteiger partial charge in [-0.25, -0.2) is 4.39 Å². The summed E-state index contributed by atoms with van der Waals surface area (Å²) in [6, 6.07) is 6.67. The number of carbonyl (C=O) groups is 1. The predicted octanol–water partition coefficient (Wildman–Crippen LogP) is 3.75. The molecule has 7 heteroatoms. The molecule has 1 amide bonds. The van der Waals surface area contributed by atoms with Crippen molar-refractivity contribution in [2.45, 2.75) is 19.5 Å². The molecule has 2 heterocycles. The molecule has 29 heavy (non-hydrogen) atoms. The number of piperazine rings is 1. The first-order valence-corrected chi connectivity index (χ1v) is 9.86. The Hall–Kier alpha value is -2.57. The van der Waals surface area contributed by atoms with E-state index >= 15 is 4.39 Å². The number of phenols is 1. The van der Waals surface area contributed by atoms with Gasteiger partial charge in [0.1, 0.15) is 12.4 Å². The maximum absolute atomic E-state index is 15.6. The van der Waals surface area contributed by atoms with Crippen LogP contribution in [0.4, 0.5) is 4.39 Å². The Morgan fingerprint density at radius 2 is 2.17 bits per heavy atom. The first-order valence-electron chi connectivity index (χ1n) is 9.48. The lowest BCUT2D eigenvalue weighted by atomic mass is 9.96. The van der Waals surface area contributed by atoms with Crippen LogP contribution in [0.5, 0.6) is 11.5 Å². The Labute approximate surface area is 173 Å². The lowest BCUT2D eigenvalue weighted by Gasteiger charge is -2.39. The van der Waals surface area contributed by atoms with Crippen LogP contribution in [0.1, 0.15) is 11.1 Å². The monoisotopic (exact) mass is 416 g/mol. The molecule has 0 aromatic heterocycles. The Kier molecular flexibility index (Phi) is 5.23. The molecule has 5 nitrogen and oxygen atoms in total. The number of amides is 1. The quantitative estimate of drug-likeness (QED) is 0.757.